The highest BCUT2D eigenvalue weighted by atomic mass is 32.2. The average molecular weight is 237 g/mol. The van der Waals surface area contributed by atoms with Gasteiger partial charge in [-0.05, 0) is 25.1 Å². The van der Waals surface area contributed by atoms with E-state index >= 15 is 0 Å². The molecule has 1 N–H and O–H groups in total. The van der Waals surface area contributed by atoms with Gasteiger partial charge in [-0.1, -0.05) is 17.7 Å². The molecule has 1 aromatic carbocycles. The zero-order valence-corrected chi connectivity index (χ0v) is 9.48. The largest absolute Gasteiger partial charge is 0.494 e. The Morgan fingerprint density at radius 2 is 1.75 bits per heavy atom. The number of nitrogens with zero attached hydrogens (tertiary/aromatic N) is 1. The van der Waals surface area contributed by atoms with Gasteiger partial charge in [-0.15, -0.1) is 0 Å². The second kappa shape index (κ2) is 3.68. The van der Waals surface area contributed by atoms with Crippen molar-refractivity contribution in [1.82, 2.24) is 3.97 Å². The summed E-state index contributed by atoms with van der Waals surface area (Å²) in [6.45, 7) is 1.88. The minimum atomic E-state index is -3.68. The van der Waals surface area contributed by atoms with Gasteiger partial charge in [0, 0.05) is 12.3 Å². The third kappa shape index (κ3) is 1.69. The predicted molar refractivity (Wildman–Crippen MR) is 59.9 cm³/mol. The molecule has 0 atom stereocenters. The highest BCUT2D eigenvalue weighted by Gasteiger charge is 2.18. The van der Waals surface area contributed by atoms with Gasteiger partial charge in [0.2, 0.25) is 5.88 Å². The molecule has 5 heteroatoms. The van der Waals surface area contributed by atoms with Gasteiger partial charge in [-0.3, -0.25) is 0 Å². The van der Waals surface area contributed by atoms with Gasteiger partial charge in [0.25, 0.3) is 10.0 Å². The Kier molecular flexibility index (Phi) is 2.47. The lowest BCUT2D eigenvalue weighted by Gasteiger charge is -2.06. The maximum Gasteiger partial charge on any atom is 0.270 e. The van der Waals surface area contributed by atoms with Crippen molar-refractivity contribution in [2.45, 2.75) is 11.8 Å². The molecular formula is C11H11NO3S. The summed E-state index contributed by atoms with van der Waals surface area (Å²) in [5.41, 5.74) is 0.982. The lowest BCUT2D eigenvalue weighted by Crippen LogP contribution is -2.11. The number of benzene rings is 1. The quantitative estimate of drug-likeness (QED) is 0.865. The maximum atomic E-state index is 12.0. The third-order valence-electron chi connectivity index (χ3n) is 2.27. The molecule has 0 unspecified atom stereocenters. The molecule has 0 amide bonds. The summed E-state index contributed by atoms with van der Waals surface area (Å²) in [5, 5.41) is 9.39. The number of rotatable bonds is 2. The minimum Gasteiger partial charge on any atom is -0.494 e. The van der Waals surface area contributed by atoms with Gasteiger partial charge in [0.15, 0.2) is 0 Å². The van der Waals surface area contributed by atoms with Crippen molar-refractivity contribution in [3.05, 3.63) is 48.2 Å². The Balaban J connectivity index is 2.56. The fourth-order valence-corrected chi connectivity index (χ4v) is 2.63. The molecule has 1 heterocycles. The van der Waals surface area contributed by atoms with Crippen LogP contribution in [0.25, 0.3) is 0 Å². The van der Waals surface area contributed by atoms with E-state index in [1.807, 2.05) is 6.92 Å². The zero-order valence-electron chi connectivity index (χ0n) is 8.66. The van der Waals surface area contributed by atoms with E-state index in [9.17, 15) is 13.5 Å². The van der Waals surface area contributed by atoms with E-state index in [0.717, 1.165) is 9.54 Å². The number of aryl methyl sites for hydroxylation is 1. The molecule has 16 heavy (non-hydrogen) atoms. The molecule has 0 radical (unpaired) electrons. The number of aromatic nitrogens is 1. The number of aromatic hydroxyl groups is 1. The Bertz CT molecular complexity index is 596. The predicted octanol–water partition coefficient (Wildman–Crippen LogP) is 1.74. The molecule has 0 bridgehead atoms. The monoisotopic (exact) mass is 237 g/mol. The summed E-state index contributed by atoms with van der Waals surface area (Å²) >= 11 is 0. The Morgan fingerprint density at radius 1 is 1.12 bits per heavy atom. The van der Waals surface area contributed by atoms with E-state index in [2.05, 4.69) is 0 Å². The Hall–Kier alpha value is -1.75. The fraction of sp³-hybridized carbons (Fsp3) is 0.0909. The number of hydrogen-bond donors (Lipinski definition) is 1. The van der Waals surface area contributed by atoms with Crippen molar-refractivity contribution in [1.29, 1.82) is 0 Å². The van der Waals surface area contributed by atoms with Gasteiger partial charge in [0.1, 0.15) is 0 Å². The summed E-state index contributed by atoms with van der Waals surface area (Å²) in [6.07, 6.45) is 1.31. The topological polar surface area (TPSA) is 59.3 Å². The normalized spacial score (nSPS) is 11.6. The highest BCUT2D eigenvalue weighted by molar-refractivity contribution is 7.90. The second-order valence-corrected chi connectivity index (χ2v) is 5.30. The lowest BCUT2D eigenvalue weighted by atomic mass is 10.2. The van der Waals surface area contributed by atoms with Crippen molar-refractivity contribution in [3.8, 4) is 5.88 Å². The standard InChI is InChI=1S/C11H11NO3S/c1-9-4-6-10(7-5-9)16(14,15)12-8-2-3-11(12)13/h2-8,13H,1H3. The van der Waals surface area contributed by atoms with Crippen molar-refractivity contribution in [3.63, 3.8) is 0 Å². The average Bonchev–Trinajstić information content (AvgIpc) is 2.66. The van der Waals surface area contributed by atoms with Crippen LogP contribution in [0.4, 0.5) is 0 Å². The first-order valence-electron chi connectivity index (χ1n) is 4.70. The molecule has 0 saturated carbocycles. The van der Waals surface area contributed by atoms with Gasteiger partial charge < -0.3 is 5.11 Å². The van der Waals surface area contributed by atoms with Crippen LogP contribution in [0.1, 0.15) is 5.56 Å². The molecular weight excluding hydrogens is 226 g/mol. The Labute approximate surface area is 93.8 Å². The molecule has 0 fully saturated rings. The van der Waals surface area contributed by atoms with E-state index in [1.54, 1.807) is 12.1 Å². The second-order valence-electron chi connectivity index (χ2n) is 3.48. The summed E-state index contributed by atoms with van der Waals surface area (Å²) in [5.74, 6) is -0.291. The lowest BCUT2D eigenvalue weighted by molar-refractivity contribution is 0.445. The van der Waals surface area contributed by atoms with E-state index in [4.69, 9.17) is 0 Å². The van der Waals surface area contributed by atoms with Crippen LogP contribution in [-0.2, 0) is 10.0 Å². The van der Waals surface area contributed by atoms with Gasteiger partial charge in [-0.25, -0.2) is 12.4 Å². The zero-order chi connectivity index (χ0) is 11.8. The van der Waals surface area contributed by atoms with E-state index in [-0.39, 0.29) is 10.8 Å². The highest BCUT2D eigenvalue weighted by Crippen LogP contribution is 2.20. The molecule has 2 aromatic rings. The molecule has 84 valence electrons. The smallest absolute Gasteiger partial charge is 0.270 e. The van der Waals surface area contributed by atoms with Crippen LogP contribution < -0.4 is 0 Å². The fourth-order valence-electron chi connectivity index (χ4n) is 1.38. The summed E-state index contributed by atoms with van der Waals surface area (Å²) < 4.78 is 24.9. The van der Waals surface area contributed by atoms with Gasteiger partial charge in [-0.2, -0.15) is 0 Å². The molecule has 0 saturated heterocycles. The minimum absolute atomic E-state index is 0.157. The molecule has 0 aliphatic carbocycles. The summed E-state index contributed by atoms with van der Waals surface area (Å²) in [7, 11) is -3.68. The van der Waals surface area contributed by atoms with Crippen LogP contribution >= 0.6 is 0 Å². The van der Waals surface area contributed by atoms with Crippen molar-refractivity contribution in [2.24, 2.45) is 0 Å². The number of hydrogen-bond acceptors (Lipinski definition) is 3. The first kappa shape index (κ1) is 10.8. The van der Waals surface area contributed by atoms with E-state index in [1.165, 1.54) is 30.5 Å². The van der Waals surface area contributed by atoms with Crippen molar-refractivity contribution in [2.75, 3.05) is 0 Å². The maximum absolute atomic E-state index is 12.0. The van der Waals surface area contributed by atoms with Crippen LogP contribution in [0, 0.1) is 6.92 Å². The van der Waals surface area contributed by atoms with E-state index in [0.29, 0.717) is 0 Å². The molecule has 0 aliphatic rings. The van der Waals surface area contributed by atoms with Gasteiger partial charge in [0.05, 0.1) is 4.90 Å². The summed E-state index contributed by atoms with van der Waals surface area (Å²) in [4.78, 5) is 0.157. The molecule has 2 rings (SSSR count). The molecule has 4 nitrogen and oxygen atoms in total. The van der Waals surface area contributed by atoms with Crippen LogP contribution in [0.15, 0.2) is 47.5 Å². The molecule has 1 aromatic heterocycles. The van der Waals surface area contributed by atoms with Crippen LogP contribution in [0.2, 0.25) is 0 Å². The SMILES string of the molecule is Cc1ccc(S(=O)(=O)n2cccc2O)cc1. The first-order valence-corrected chi connectivity index (χ1v) is 6.14. The molecule has 0 aliphatic heterocycles. The first-order chi connectivity index (χ1) is 7.51. The van der Waals surface area contributed by atoms with Crippen LogP contribution in [0.3, 0.4) is 0 Å². The molecule has 0 spiro atoms. The third-order valence-corrected chi connectivity index (χ3v) is 3.96. The van der Waals surface area contributed by atoms with Crippen LogP contribution in [0.5, 0.6) is 5.88 Å². The Morgan fingerprint density at radius 3 is 2.25 bits per heavy atom. The van der Waals surface area contributed by atoms with Crippen molar-refractivity contribution < 1.29 is 13.5 Å². The van der Waals surface area contributed by atoms with Gasteiger partial charge >= 0.3 is 0 Å². The van der Waals surface area contributed by atoms with Crippen molar-refractivity contribution >= 4 is 10.0 Å². The summed E-state index contributed by atoms with van der Waals surface area (Å²) in [6, 6.07) is 9.27. The van der Waals surface area contributed by atoms with Crippen LogP contribution in [-0.4, -0.2) is 17.5 Å². The van der Waals surface area contributed by atoms with E-state index < -0.39 is 10.0 Å².